The fraction of sp³-hybridized carbons (Fsp3) is 0. The lowest BCUT2D eigenvalue weighted by Gasteiger charge is -1.97. The highest BCUT2D eigenvalue weighted by Gasteiger charge is 2.15. The maximum absolute atomic E-state index is 12.9. The van der Waals surface area contributed by atoms with E-state index in [4.69, 9.17) is 5.11 Å². The molecule has 2 aromatic rings. The first kappa shape index (κ1) is 9.32. The van der Waals surface area contributed by atoms with Gasteiger partial charge in [0.15, 0.2) is 5.69 Å². The number of nitrogens with zero attached hydrogens (tertiary/aromatic N) is 2. The van der Waals surface area contributed by atoms with Gasteiger partial charge in [-0.1, -0.05) is 17.3 Å². The van der Waals surface area contributed by atoms with Crippen molar-refractivity contribution in [2.75, 3.05) is 0 Å². The Hall–Kier alpha value is -2.24. The molecule has 6 heteroatoms. The number of benzene rings is 1. The second-order valence-corrected chi connectivity index (χ2v) is 2.85. The number of aromatic nitrogens is 3. The number of H-pyrrole nitrogens is 1. The van der Waals surface area contributed by atoms with Crippen LogP contribution in [0.3, 0.4) is 0 Å². The number of hydrogen-bond donors (Lipinski definition) is 2. The molecule has 1 aromatic carbocycles. The van der Waals surface area contributed by atoms with Gasteiger partial charge in [-0.3, -0.25) is 5.10 Å². The smallest absolute Gasteiger partial charge is 0.356 e. The summed E-state index contributed by atoms with van der Waals surface area (Å²) in [5.74, 6) is -1.63. The maximum Gasteiger partial charge on any atom is 0.356 e. The average molecular weight is 207 g/mol. The van der Waals surface area contributed by atoms with E-state index in [9.17, 15) is 9.18 Å². The third-order valence-electron chi connectivity index (χ3n) is 1.86. The Labute approximate surface area is 83.6 Å². The molecule has 0 aliphatic heterocycles. The Morgan fingerprint density at radius 1 is 1.47 bits per heavy atom. The van der Waals surface area contributed by atoms with Crippen LogP contribution >= 0.6 is 0 Å². The molecular formula is C9H6FN3O2. The predicted molar refractivity (Wildman–Crippen MR) is 48.7 cm³/mol. The average Bonchev–Trinajstić information content (AvgIpc) is 2.65. The van der Waals surface area contributed by atoms with E-state index in [1.807, 2.05) is 0 Å². The third-order valence-corrected chi connectivity index (χ3v) is 1.86. The minimum atomic E-state index is -1.18. The molecule has 0 bridgehead atoms. The number of hydrogen-bond acceptors (Lipinski definition) is 3. The number of nitrogens with one attached hydrogen (secondary N) is 1. The van der Waals surface area contributed by atoms with Crippen molar-refractivity contribution in [3.05, 3.63) is 35.8 Å². The van der Waals surface area contributed by atoms with E-state index < -0.39 is 11.8 Å². The molecule has 1 aromatic heterocycles. The van der Waals surface area contributed by atoms with E-state index in [-0.39, 0.29) is 11.4 Å². The number of carbonyl (C=O) groups is 1. The molecule has 0 aliphatic carbocycles. The number of rotatable bonds is 2. The van der Waals surface area contributed by atoms with Crippen LogP contribution in [0.15, 0.2) is 24.3 Å². The minimum Gasteiger partial charge on any atom is -0.476 e. The fourth-order valence-electron chi connectivity index (χ4n) is 1.21. The van der Waals surface area contributed by atoms with Crippen LogP contribution in [0.2, 0.25) is 0 Å². The largest absolute Gasteiger partial charge is 0.476 e. The zero-order valence-corrected chi connectivity index (χ0v) is 7.44. The van der Waals surface area contributed by atoms with Crippen LogP contribution in [0.1, 0.15) is 10.5 Å². The van der Waals surface area contributed by atoms with E-state index in [0.717, 1.165) is 0 Å². The summed E-state index contributed by atoms with van der Waals surface area (Å²) in [5, 5.41) is 18.0. The van der Waals surface area contributed by atoms with E-state index in [2.05, 4.69) is 15.4 Å². The standard InChI is InChI=1S/C9H6FN3O2/c10-6-3-1-2-5(4-6)7-8(9(14)15)12-13-11-7/h1-4H,(H,14,15)(H,11,12,13). The molecule has 2 N–H and O–H groups in total. The summed E-state index contributed by atoms with van der Waals surface area (Å²) >= 11 is 0. The molecule has 0 amide bonds. The zero-order valence-electron chi connectivity index (χ0n) is 7.44. The molecule has 1 heterocycles. The summed E-state index contributed by atoms with van der Waals surface area (Å²) in [6, 6.07) is 5.51. The third kappa shape index (κ3) is 1.69. The van der Waals surface area contributed by atoms with E-state index in [1.54, 1.807) is 6.07 Å². The van der Waals surface area contributed by atoms with E-state index in [1.165, 1.54) is 18.2 Å². The highest BCUT2D eigenvalue weighted by molar-refractivity contribution is 5.92. The Morgan fingerprint density at radius 3 is 2.93 bits per heavy atom. The van der Waals surface area contributed by atoms with Crippen molar-refractivity contribution >= 4 is 5.97 Å². The quantitative estimate of drug-likeness (QED) is 0.778. The van der Waals surface area contributed by atoms with Gasteiger partial charge in [-0.15, -0.1) is 5.10 Å². The topological polar surface area (TPSA) is 78.9 Å². The molecule has 15 heavy (non-hydrogen) atoms. The molecule has 0 aliphatic rings. The molecular weight excluding hydrogens is 201 g/mol. The van der Waals surface area contributed by atoms with Crippen molar-refractivity contribution in [3.8, 4) is 11.3 Å². The number of halogens is 1. The number of carboxylic acid groups (broad SMARTS) is 1. The molecule has 0 atom stereocenters. The summed E-state index contributed by atoms with van der Waals surface area (Å²) in [4.78, 5) is 10.7. The summed E-state index contributed by atoms with van der Waals surface area (Å²) in [6.45, 7) is 0. The molecule has 0 radical (unpaired) electrons. The minimum absolute atomic E-state index is 0.127. The van der Waals surface area contributed by atoms with Gasteiger partial charge in [-0.05, 0) is 12.1 Å². The first-order chi connectivity index (χ1) is 7.18. The number of aromatic carboxylic acids is 1. The highest BCUT2D eigenvalue weighted by atomic mass is 19.1. The van der Waals surface area contributed by atoms with Crippen LogP contribution in [0.25, 0.3) is 11.3 Å². The Kier molecular flexibility index (Phi) is 2.17. The van der Waals surface area contributed by atoms with Gasteiger partial charge < -0.3 is 5.11 Å². The van der Waals surface area contributed by atoms with Crippen LogP contribution in [0, 0.1) is 5.82 Å². The zero-order chi connectivity index (χ0) is 10.8. The molecule has 2 rings (SSSR count). The van der Waals surface area contributed by atoms with Gasteiger partial charge in [-0.25, -0.2) is 9.18 Å². The van der Waals surface area contributed by atoms with E-state index >= 15 is 0 Å². The molecule has 0 saturated carbocycles. The molecule has 0 spiro atoms. The van der Waals surface area contributed by atoms with Crippen LogP contribution in [-0.2, 0) is 0 Å². The second-order valence-electron chi connectivity index (χ2n) is 2.85. The van der Waals surface area contributed by atoms with Crippen LogP contribution < -0.4 is 0 Å². The molecule has 5 nitrogen and oxygen atoms in total. The Morgan fingerprint density at radius 2 is 2.27 bits per heavy atom. The summed E-state index contributed by atoms with van der Waals surface area (Å²) in [5.41, 5.74) is 0.351. The van der Waals surface area contributed by atoms with E-state index in [0.29, 0.717) is 5.56 Å². The van der Waals surface area contributed by atoms with Crippen molar-refractivity contribution in [3.63, 3.8) is 0 Å². The van der Waals surface area contributed by atoms with Crippen molar-refractivity contribution in [1.29, 1.82) is 0 Å². The van der Waals surface area contributed by atoms with Crippen LogP contribution in [0.4, 0.5) is 4.39 Å². The van der Waals surface area contributed by atoms with Gasteiger partial charge in [0, 0.05) is 5.56 Å². The van der Waals surface area contributed by atoms with Crippen LogP contribution in [0.5, 0.6) is 0 Å². The lowest BCUT2D eigenvalue weighted by Crippen LogP contribution is -1.99. The van der Waals surface area contributed by atoms with Crippen LogP contribution in [-0.4, -0.2) is 26.5 Å². The Balaban J connectivity index is 2.54. The van der Waals surface area contributed by atoms with Crippen molar-refractivity contribution in [2.45, 2.75) is 0 Å². The first-order valence-electron chi connectivity index (χ1n) is 4.09. The first-order valence-corrected chi connectivity index (χ1v) is 4.09. The predicted octanol–water partition coefficient (Wildman–Crippen LogP) is 1.31. The highest BCUT2D eigenvalue weighted by Crippen LogP contribution is 2.19. The SMILES string of the molecule is O=C(O)c1[nH]nnc1-c1cccc(F)c1. The van der Waals surface area contributed by atoms with Crippen molar-refractivity contribution < 1.29 is 14.3 Å². The van der Waals surface area contributed by atoms with Crippen molar-refractivity contribution in [2.24, 2.45) is 0 Å². The Bertz CT molecular complexity index is 510. The molecule has 76 valence electrons. The number of carboxylic acids is 1. The van der Waals surface area contributed by atoms with Crippen molar-refractivity contribution in [1.82, 2.24) is 15.4 Å². The normalized spacial score (nSPS) is 10.2. The monoisotopic (exact) mass is 207 g/mol. The van der Waals surface area contributed by atoms with Gasteiger partial charge in [0.25, 0.3) is 0 Å². The van der Waals surface area contributed by atoms with Gasteiger partial charge in [-0.2, -0.15) is 0 Å². The summed E-state index contributed by atoms with van der Waals surface area (Å²) < 4.78 is 12.9. The fourth-order valence-corrected chi connectivity index (χ4v) is 1.21. The summed E-state index contributed by atoms with van der Waals surface area (Å²) in [6.07, 6.45) is 0. The van der Waals surface area contributed by atoms with Gasteiger partial charge in [0.1, 0.15) is 11.5 Å². The maximum atomic E-state index is 12.9. The summed E-state index contributed by atoms with van der Waals surface area (Å²) in [7, 11) is 0. The lowest BCUT2D eigenvalue weighted by atomic mass is 10.1. The van der Waals surface area contributed by atoms with Gasteiger partial charge in [0.05, 0.1) is 0 Å². The van der Waals surface area contributed by atoms with Gasteiger partial charge >= 0.3 is 5.97 Å². The molecule has 0 fully saturated rings. The second kappa shape index (κ2) is 3.49. The number of aromatic amines is 1. The van der Waals surface area contributed by atoms with Gasteiger partial charge in [0.2, 0.25) is 0 Å². The molecule has 0 saturated heterocycles. The molecule has 0 unspecified atom stereocenters. The lowest BCUT2D eigenvalue weighted by molar-refractivity contribution is 0.0691.